The highest BCUT2D eigenvalue weighted by atomic mass is 19.4. The summed E-state index contributed by atoms with van der Waals surface area (Å²) in [6.07, 6.45) is 3.62. The van der Waals surface area contributed by atoms with Gasteiger partial charge in [-0.3, -0.25) is 9.59 Å². The molecule has 1 aliphatic rings. The fourth-order valence-electron chi connectivity index (χ4n) is 3.59. The zero-order valence-corrected chi connectivity index (χ0v) is 18.8. The first kappa shape index (κ1) is 26.7. The zero-order valence-electron chi connectivity index (χ0n) is 18.8. The molecule has 4 rings (SSSR count). The van der Waals surface area contributed by atoms with Crippen LogP contribution in [0.2, 0.25) is 0 Å². The Labute approximate surface area is 202 Å². The van der Waals surface area contributed by atoms with Crippen molar-refractivity contribution < 1.29 is 26.7 Å². The van der Waals surface area contributed by atoms with Crippen molar-refractivity contribution in [1.82, 2.24) is 15.0 Å². The van der Waals surface area contributed by atoms with E-state index in [9.17, 15) is 31.5 Å². The lowest BCUT2D eigenvalue weighted by atomic mass is 9.97. The SMILES string of the molecule is NC1CCCCC1.Nc1cc(C(F)(F)F)c(-c2c(F)cccc2F)nc1C(=O)Nc1cnc[nH]c1=O. The largest absolute Gasteiger partial charge is 0.418 e. The number of halogens is 5. The molecule has 0 unspecified atom stereocenters. The number of benzene rings is 1. The molecule has 0 radical (unpaired) electrons. The van der Waals surface area contributed by atoms with E-state index in [1.54, 1.807) is 0 Å². The third-order valence-corrected chi connectivity index (χ3v) is 5.39. The summed E-state index contributed by atoms with van der Waals surface area (Å²) in [5.74, 6) is -3.81. The van der Waals surface area contributed by atoms with Crippen molar-refractivity contribution in [3.05, 3.63) is 70.0 Å². The molecule has 0 aliphatic heterocycles. The minimum atomic E-state index is -5.07. The Kier molecular flexibility index (Phi) is 8.35. The molecule has 1 amide bonds. The highest BCUT2D eigenvalue weighted by molar-refractivity contribution is 6.06. The molecule has 0 bridgehead atoms. The summed E-state index contributed by atoms with van der Waals surface area (Å²) in [5, 5.41) is 2.08. The number of carbonyl (C=O) groups is 1. The number of nitrogen functional groups attached to an aromatic ring is 1. The van der Waals surface area contributed by atoms with Crippen molar-refractivity contribution in [2.75, 3.05) is 11.1 Å². The number of carbonyl (C=O) groups excluding carboxylic acids is 1. The topological polar surface area (TPSA) is 140 Å². The van der Waals surface area contributed by atoms with E-state index in [0.717, 1.165) is 30.7 Å². The van der Waals surface area contributed by atoms with Gasteiger partial charge in [0.05, 0.1) is 35.0 Å². The Balaban J connectivity index is 0.000000444. The van der Waals surface area contributed by atoms with Crippen LogP contribution < -0.4 is 22.3 Å². The van der Waals surface area contributed by atoms with Gasteiger partial charge in [-0.05, 0) is 31.0 Å². The predicted molar refractivity (Wildman–Crippen MR) is 123 cm³/mol. The maximum Gasteiger partial charge on any atom is 0.418 e. The molecular weight excluding hydrogens is 487 g/mol. The van der Waals surface area contributed by atoms with E-state index in [1.807, 2.05) is 0 Å². The normalized spacial score (nSPS) is 14.1. The number of nitrogens with two attached hydrogens (primary N) is 2. The number of aromatic amines is 1. The summed E-state index contributed by atoms with van der Waals surface area (Å²) in [4.78, 5) is 33.3. The highest BCUT2D eigenvalue weighted by Crippen LogP contribution is 2.39. The average molecular weight is 510 g/mol. The standard InChI is InChI=1S/C17H10F5N5O2.C6H13N/c18-8-2-1-3-9(19)12(8)13-7(17(20,21)22)4-10(23)14(27-13)16(29)26-11-5-24-6-25-15(11)28;7-6-4-2-1-3-5-6/h1-6H,23H2,(H,26,29)(H,24,25,28);6H,1-5,7H2. The lowest BCUT2D eigenvalue weighted by Gasteiger charge is -2.16. The van der Waals surface area contributed by atoms with Crippen molar-refractivity contribution in [2.45, 2.75) is 44.3 Å². The number of alkyl halides is 3. The number of anilines is 2. The van der Waals surface area contributed by atoms with Gasteiger partial charge in [0.15, 0.2) is 5.69 Å². The molecule has 6 N–H and O–H groups in total. The number of H-pyrrole nitrogens is 1. The molecule has 0 spiro atoms. The lowest BCUT2D eigenvalue weighted by Crippen LogP contribution is -2.23. The molecule has 13 heteroatoms. The van der Waals surface area contributed by atoms with Crippen LogP contribution in [0.4, 0.5) is 33.3 Å². The molecule has 1 aromatic carbocycles. The number of nitrogens with one attached hydrogen (secondary N) is 2. The van der Waals surface area contributed by atoms with Gasteiger partial charge in [0.2, 0.25) is 0 Å². The summed E-state index contributed by atoms with van der Waals surface area (Å²) in [7, 11) is 0. The molecule has 3 aromatic rings. The van der Waals surface area contributed by atoms with E-state index in [1.165, 1.54) is 32.1 Å². The van der Waals surface area contributed by atoms with Crippen LogP contribution in [0, 0.1) is 11.6 Å². The van der Waals surface area contributed by atoms with Crippen molar-refractivity contribution in [1.29, 1.82) is 0 Å². The fraction of sp³-hybridized carbons (Fsp3) is 0.304. The van der Waals surface area contributed by atoms with Crippen molar-refractivity contribution in [2.24, 2.45) is 5.73 Å². The molecular formula is C23H23F5N6O2. The first-order valence-electron chi connectivity index (χ1n) is 10.9. The minimum absolute atomic E-state index is 0.336. The smallest absolute Gasteiger partial charge is 0.397 e. The van der Waals surface area contributed by atoms with Crippen LogP contribution in [0.1, 0.15) is 48.2 Å². The Morgan fingerprint density at radius 3 is 2.28 bits per heavy atom. The Bertz CT molecular complexity index is 1270. The number of aromatic nitrogens is 3. The Morgan fingerprint density at radius 2 is 1.75 bits per heavy atom. The summed E-state index contributed by atoms with van der Waals surface area (Å²) < 4.78 is 68.5. The quantitative estimate of drug-likeness (QED) is 0.389. The predicted octanol–water partition coefficient (Wildman–Crippen LogP) is 4.24. The molecule has 2 heterocycles. The summed E-state index contributed by atoms with van der Waals surface area (Å²) in [5.41, 5.74) is 4.82. The van der Waals surface area contributed by atoms with E-state index < -0.39 is 57.5 Å². The molecule has 1 saturated carbocycles. The second kappa shape index (κ2) is 11.2. The molecule has 2 aromatic heterocycles. The maximum absolute atomic E-state index is 14.1. The zero-order chi connectivity index (χ0) is 26.5. The number of amides is 1. The van der Waals surface area contributed by atoms with Crippen LogP contribution >= 0.6 is 0 Å². The molecule has 0 atom stereocenters. The van der Waals surface area contributed by atoms with Gasteiger partial charge in [-0.1, -0.05) is 25.3 Å². The first-order chi connectivity index (χ1) is 17.0. The van der Waals surface area contributed by atoms with Crippen molar-refractivity contribution in [3.8, 4) is 11.3 Å². The fourth-order valence-corrected chi connectivity index (χ4v) is 3.59. The second-order valence-corrected chi connectivity index (χ2v) is 8.06. The van der Waals surface area contributed by atoms with Crippen LogP contribution in [-0.2, 0) is 6.18 Å². The molecule has 1 aliphatic carbocycles. The van der Waals surface area contributed by atoms with Gasteiger partial charge in [0.1, 0.15) is 17.3 Å². The third kappa shape index (κ3) is 6.42. The third-order valence-electron chi connectivity index (χ3n) is 5.39. The van der Waals surface area contributed by atoms with Crippen LogP contribution in [0.5, 0.6) is 0 Å². The number of pyridine rings is 1. The van der Waals surface area contributed by atoms with Gasteiger partial charge in [-0.2, -0.15) is 13.2 Å². The van der Waals surface area contributed by atoms with Crippen molar-refractivity contribution in [3.63, 3.8) is 0 Å². The first-order valence-corrected chi connectivity index (χ1v) is 10.9. The van der Waals surface area contributed by atoms with Crippen LogP contribution in [0.25, 0.3) is 11.3 Å². The van der Waals surface area contributed by atoms with E-state index in [-0.39, 0.29) is 5.69 Å². The van der Waals surface area contributed by atoms with Crippen LogP contribution in [-0.4, -0.2) is 26.9 Å². The Hall–Kier alpha value is -3.87. The number of rotatable bonds is 3. The lowest BCUT2D eigenvalue weighted by molar-refractivity contribution is -0.137. The van der Waals surface area contributed by atoms with Gasteiger partial charge < -0.3 is 21.8 Å². The summed E-state index contributed by atoms with van der Waals surface area (Å²) in [6.45, 7) is 0. The molecule has 192 valence electrons. The van der Waals surface area contributed by atoms with E-state index in [2.05, 4.69) is 20.3 Å². The van der Waals surface area contributed by atoms with Gasteiger partial charge in [-0.15, -0.1) is 0 Å². The van der Waals surface area contributed by atoms with E-state index in [4.69, 9.17) is 11.5 Å². The number of hydrogen-bond donors (Lipinski definition) is 4. The monoisotopic (exact) mass is 510 g/mol. The minimum Gasteiger partial charge on any atom is -0.397 e. The van der Waals surface area contributed by atoms with Gasteiger partial charge >= 0.3 is 6.18 Å². The maximum atomic E-state index is 14.1. The number of nitrogens with zero attached hydrogens (tertiary/aromatic N) is 2. The number of hydrogen-bond acceptors (Lipinski definition) is 6. The van der Waals surface area contributed by atoms with Gasteiger partial charge in [0, 0.05) is 6.04 Å². The molecule has 0 saturated heterocycles. The van der Waals surface area contributed by atoms with E-state index in [0.29, 0.717) is 12.1 Å². The van der Waals surface area contributed by atoms with Gasteiger partial charge in [0.25, 0.3) is 11.5 Å². The Morgan fingerprint density at radius 1 is 1.11 bits per heavy atom. The van der Waals surface area contributed by atoms with Crippen LogP contribution in [0.3, 0.4) is 0 Å². The van der Waals surface area contributed by atoms with E-state index >= 15 is 0 Å². The highest BCUT2D eigenvalue weighted by Gasteiger charge is 2.37. The summed E-state index contributed by atoms with van der Waals surface area (Å²) in [6, 6.07) is 3.32. The molecule has 36 heavy (non-hydrogen) atoms. The summed E-state index contributed by atoms with van der Waals surface area (Å²) >= 11 is 0. The molecule has 8 nitrogen and oxygen atoms in total. The average Bonchev–Trinajstić information content (AvgIpc) is 2.81. The second-order valence-electron chi connectivity index (χ2n) is 8.06. The van der Waals surface area contributed by atoms with Crippen LogP contribution in [0.15, 0.2) is 41.6 Å². The molecule has 1 fully saturated rings. The van der Waals surface area contributed by atoms with Gasteiger partial charge in [-0.25, -0.2) is 18.7 Å². The van der Waals surface area contributed by atoms with Crippen molar-refractivity contribution >= 4 is 17.3 Å².